The van der Waals surface area contributed by atoms with Gasteiger partial charge in [-0.05, 0) is 66.4 Å². The van der Waals surface area contributed by atoms with E-state index in [0.717, 1.165) is 4.47 Å². The van der Waals surface area contributed by atoms with Crippen LogP contribution in [-0.2, 0) is 28.5 Å². The Morgan fingerprint density at radius 2 is 1.74 bits per heavy atom. The lowest BCUT2D eigenvalue weighted by atomic mass is 9.59. The largest absolute Gasteiger partial charge is 0.509 e. The second-order valence-electron chi connectivity index (χ2n) is 12.6. The first-order chi connectivity index (χ1) is 18.3. The molecule has 0 N–H and O–H groups in total. The van der Waals surface area contributed by atoms with Crippen LogP contribution in [0.15, 0.2) is 40.4 Å². The Kier molecular flexibility index (Phi) is 5.72. The molecule has 8 nitrogen and oxygen atoms in total. The van der Waals surface area contributed by atoms with Crippen molar-refractivity contribution in [3.8, 4) is 0 Å². The fraction of sp³-hybridized carbons (Fsp3) is 0.600. The van der Waals surface area contributed by atoms with Crippen LogP contribution in [0, 0.1) is 40.4 Å². The zero-order chi connectivity index (χ0) is 28.2. The molecule has 1 aromatic carbocycles. The van der Waals surface area contributed by atoms with E-state index in [1.54, 1.807) is 31.2 Å². The van der Waals surface area contributed by atoms with Gasteiger partial charge in [0.05, 0.1) is 16.9 Å². The van der Waals surface area contributed by atoms with E-state index in [2.05, 4.69) is 29.8 Å². The summed E-state index contributed by atoms with van der Waals surface area (Å²) in [4.78, 5) is 53.8. The van der Waals surface area contributed by atoms with Crippen LogP contribution in [0.2, 0.25) is 0 Å². The number of carbonyl (C=O) groups excluding carboxylic acids is 4. The summed E-state index contributed by atoms with van der Waals surface area (Å²) in [6, 6.07) is 6.83. The highest BCUT2D eigenvalue weighted by Gasteiger charge is 2.83. The molecule has 0 unspecified atom stereocenters. The smallest absolute Gasteiger partial charge is 0.458 e. The molecule has 3 saturated carbocycles. The van der Waals surface area contributed by atoms with E-state index >= 15 is 4.79 Å². The first-order valence-electron chi connectivity index (χ1n) is 13.5. The molecule has 0 aromatic heterocycles. The minimum Gasteiger partial charge on any atom is -0.458 e. The zero-order valence-corrected chi connectivity index (χ0v) is 24.4. The molecule has 1 aromatic rings. The van der Waals surface area contributed by atoms with Crippen molar-refractivity contribution in [1.29, 1.82) is 0 Å². The van der Waals surface area contributed by atoms with Crippen LogP contribution in [-0.4, -0.2) is 47.8 Å². The molecule has 39 heavy (non-hydrogen) atoms. The summed E-state index contributed by atoms with van der Waals surface area (Å²) < 4.78 is 24.8. The number of fused-ring (bicyclic) bond motifs is 3. The summed E-state index contributed by atoms with van der Waals surface area (Å²) in [5, 5.41) is 0. The van der Waals surface area contributed by atoms with E-state index in [4.69, 9.17) is 18.9 Å². The van der Waals surface area contributed by atoms with Crippen LogP contribution in [0.4, 0.5) is 4.79 Å². The first kappa shape index (κ1) is 26.5. The van der Waals surface area contributed by atoms with Crippen LogP contribution in [0.3, 0.4) is 0 Å². The van der Waals surface area contributed by atoms with Crippen molar-refractivity contribution in [1.82, 2.24) is 0 Å². The van der Waals surface area contributed by atoms with E-state index in [9.17, 15) is 14.4 Å². The van der Waals surface area contributed by atoms with Crippen molar-refractivity contribution in [3.05, 3.63) is 46.0 Å². The highest BCUT2D eigenvalue weighted by Crippen LogP contribution is 2.74. The lowest BCUT2D eigenvalue weighted by molar-refractivity contribution is -0.181. The lowest BCUT2D eigenvalue weighted by Crippen LogP contribution is -2.65. The summed E-state index contributed by atoms with van der Waals surface area (Å²) in [7, 11) is 0. The van der Waals surface area contributed by atoms with Gasteiger partial charge in [-0.1, -0.05) is 49.7 Å². The van der Waals surface area contributed by atoms with Gasteiger partial charge in [0.2, 0.25) is 5.60 Å². The molecule has 9 heteroatoms. The molecule has 4 fully saturated rings. The average molecular weight is 601 g/mol. The molecule has 1 saturated heterocycles. The molecule has 2 spiro atoms. The summed E-state index contributed by atoms with van der Waals surface area (Å²) >= 11 is 3.39. The average Bonchev–Trinajstić information content (AvgIpc) is 3.14. The highest BCUT2D eigenvalue weighted by atomic mass is 79.9. The number of rotatable bonds is 3. The van der Waals surface area contributed by atoms with E-state index in [1.165, 1.54) is 6.92 Å². The number of carbonyl (C=O) groups is 4. The van der Waals surface area contributed by atoms with Crippen LogP contribution in [0.1, 0.15) is 58.3 Å². The van der Waals surface area contributed by atoms with Gasteiger partial charge in [-0.25, -0.2) is 9.59 Å². The monoisotopic (exact) mass is 600 g/mol. The molecular formula is C30H33BrO8. The fourth-order valence-electron chi connectivity index (χ4n) is 8.68. The molecular weight excluding hydrogens is 568 g/mol. The van der Waals surface area contributed by atoms with Crippen LogP contribution < -0.4 is 0 Å². The van der Waals surface area contributed by atoms with E-state index in [-0.39, 0.29) is 29.0 Å². The minimum absolute atomic E-state index is 0.0231. The van der Waals surface area contributed by atoms with Crippen molar-refractivity contribution in [3.63, 3.8) is 0 Å². The van der Waals surface area contributed by atoms with E-state index < -0.39 is 59.3 Å². The second-order valence-corrected chi connectivity index (χ2v) is 13.6. The Morgan fingerprint density at radius 1 is 1.08 bits per heavy atom. The van der Waals surface area contributed by atoms with Gasteiger partial charge in [-0.3, -0.25) is 9.59 Å². The first-order valence-corrected chi connectivity index (χ1v) is 14.3. The molecule has 2 bridgehead atoms. The number of benzene rings is 1. The number of hydrogen-bond acceptors (Lipinski definition) is 8. The molecule has 1 aliphatic heterocycles. The van der Waals surface area contributed by atoms with Gasteiger partial charge in [0.15, 0.2) is 18.0 Å². The number of halogens is 1. The molecule has 1 heterocycles. The maximum atomic E-state index is 15.1. The SMILES string of the molecule is CC(=O)O[C@H]1C(C)=C[C@]23C(=O)[C@@H]([C@H](OC(=O)c4ccc(Br)cc4)[C@H](C)[C@H]4OC(=O)O[C@@]412)[C@H]1[C@@H](C[C@H]3C)C1(C)C. The molecule has 6 rings (SSSR count). The Hall–Kier alpha value is -2.68. The molecule has 4 aliphatic carbocycles. The number of esters is 2. The Bertz CT molecular complexity index is 1320. The Balaban J connectivity index is 1.55. The molecule has 0 radical (unpaired) electrons. The van der Waals surface area contributed by atoms with E-state index in [0.29, 0.717) is 17.6 Å². The van der Waals surface area contributed by atoms with Gasteiger partial charge in [-0.2, -0.15) is 0 Å². The van der Waals surface area contributed by atoms with Crippen molar-refractivity contribution in [2.24, 2.45) is 40.4 Å². The summed E-state index contributed by atoms with van der Waals surface area (Å²) in [5.41, 5.74) is -2.01. The van der Waals surface area contributed by atoms with Gasteiger partial charge in [0.25, 0.3) is 0 Å². The van der Waals surface area contributed by atoms with Crippen molar-refractivity contribution >= 4 is 39.8 Å². The van der Waals surface area contributed by atoms with Gasteiger partial charge >= 0.3 is 18.1 Å². The topological polar surface area (TPSA) is 105 Å². The van der Waals surface area contributed by atoms with Gasteiger partial charge < -0.3 is 18.9 Å². The van der Waals surface area contributed by atoms with Crippen LogP contribution in [0.5, 0.6) is 0 Å². The number of ketones is 1. The quantitative estimate of drug-likeness (QED) is 0.262. The van der Waals surface area contributed by atoms with Crippen LogP contribution >= 0.6 is 15.9 Å². The fourth-order valence-corrected chi connectivity index (χ4v) is 8.95. The number of Topliss-reactive ketones (excluding diaryl/α,β-unsaturated/α-hetero) is 1. The Labute approximate surface area is 235 Å². The van der Waals surface area contributed by atoms with Gasteiger partial charge in [-0.15, -0.1) is 0 Å². The Morgan fingerprint density at radius 3 is 2.38 bits per heavy atom. The number of ether oxygens (including phenoxy) is 4. The highest BCUT2D eigenvalue weighted by molar-refractivity contribution is 9.10. The normalized spacial score (nSPS) is 42.9. The predicted molar refractivity (Wildman–Crippen MR) is 141 cm³/mol. The van der Waals surface area contributed by atoms with Crippen molar-refractivity contribution in [2.45, 2.75) is 71.9 Å². The molecule has 0 amide bonds. The summed E-state index contributed by atoms with van der Waals surface area (Å²) in [5.74, 6) is -2.55. The second kappa shape index (κ2) is 8.41. The molecule has 10 atom stereocenters. The minimum atomic E-state index is -1.59. The molecule has 208 valence electrons. The van der Waals surface area contributed by atoms with Crippen molar-refractivity contribution < 1.29 is 38.1 Å². The third-order valence-electron chi connectivity index (χ3n) is 10.4. The predicted octanol–water partition coefficient (Wildman–Crippen LogP) is 5.27. The van der Waals surface area contributed by atoms with Gasteiger partial charge in [0.1, 0.15) is 6.10 Å². The third-order valence-corrected chi connectivity index (χ3v) is 10.9. The summed E-state index contributed by atoms with van der Waals surface area (Å²) in [6.45, 7) is 11.3. The van der Waals surface area contributed by atoms with E-state index in [1.807, 2.05) is 19.9 Å². The van der Waals surface area contributed by atoms with Crippen LogP contribution in [0.25, 0.3) is 0 Å². The lowest BCUT2D eigenvalue weighted by Gasteiger charge is -2.47. The van der Waals surface area contributed by atoms with Crippen molar-refractivity contribution in [2.75, 3.05) is 0 Å². The molecule has 5 aliphatic rings. The maximum Gasteiger partial charge on any atom is 0.509 e. The summed E-state index contributed by atoms with van der Waals surface area (Å²) in [6.07, 6.45) is -1.20. The third kappa shape index (κ3) is 3.34. The zero-order valence-electron chi connectivity index (χ0n) is 22.9. The maximum absolute atomic E-state index is 15.1. The standard InChI is InChI=1S/C30H33BrO8/c1-13-12-29-14(2)11-19-21(28(19,5)6)20(23(29)33)22(37-26(34)17-7-9-18(31)10-8-17)15(3)25-30(29,39-27(35)38-25)24(13)36-16(4)32/h7-10,12,14-15,19-22,24-25H,11H2,1-6H3/t14-,15+,19-,20-,21-,22-,24+,25-,29+,30-/m1/s1. The van der Waals surface area contributed by atoms with Gasteiger partial charge in [0, 0.05) is 17.3 Å². The number of hydrogen-bond donors (Lipinski definition) is 0.